The normalized spacial score (nSPS) is 27.8. The highest BCUT2D eigenvalue weighted by molar-refractivity contribution is 5.89. The number of ether oxygens (including phenoxy) is 3. The highest BCUT2D eigenvalue weighted by atomic mass is 16.6. The zero-order valence-electron chi connectivity index (χ0n) is 14.2. The Balaban J connectivity index is 1.55. The topological polar surface area (TPSA) is 126 Å². The second-order valence-corrected chi connectivity index (χ2v) is 6.07. The molecule has 8 nitrogen and oxygen atoms in total. The van der Waals surface area contributed by atoms with Crippen LogP contribution in [0.5, 0.6) is 11.5 Å². The Kier molecular flexibility index (Phi) is 6.04. The third kappa shape index (κ3) is 4.62. The van der Waals surface area contributed by atoms with E-state index in [1.807, 2.05) is 18.2 Å². The predicted molar refractivity (Wildman–Crippen MR) is 92.1 cm³/mol. The summed E-state index contributed by atoms with van der Waals surface area (Å²) in [7, 11) is 0. The fraction of sp³-hybridized carbons (Fsp3) is 0.316. The molecule has 4 N–H and O–H groups in total. The van der Waals surface area contributed by atoms with E-state index in [0.29, 0.717) is 11.5 Å². The maximum Gasteiger partial charge on any atom is 0.338 e. The molecule has 1 fully saturated rings. The van der Waals surface area contributed by atoms with Gasteiger partial charge >= 0.3 is 5.97 Å². The van der Waals surface area contributed by atoms with E-state index < -0.39 is 43.3 Å². The Hall–Kier alpha value is -2.49. The van der Waals surface area contributed by atoms with Gasteiger partial charge in [-0.15, -0.1) is 0 Å². The van der Waals surface area contributed by atoms with E-state index in [-0.39, 0.29) is 5.56 Å². The highest BCUT2D eigenvalue weighted by Gasteiger charge is 2.43. The van der Waals surface area contributed by atoms with Crippen LogP contribution in [-0.2, 0) is 9.47 Å². The summed E-state index contributed by atoms with van der Waals surface area (Å²) in [5.41, 5.74) is 0.252. The summed E-state index contributed by atoms with van der Waals surface area (Å²) in [6.07, 6.45) is -7.58. The van der Waals surface area contributed by atoms with Crippen molar-refractivity contribution in [3.05, 3.63) is 60.2 Å². The van der Waals surface area contributed by atoms with Gasteiger partial charge in [-0.1, -0.05) is 18.2 Å². The average Bonchev–Trinajstić information content (AvgIpc) is 2.69. The highest BCUT2D eigenvalue weighted by Crippen LogP contribution is 2.22. The van der Waals surface area contributed by atoms with Crippen molar-refractivity contribution in [1.82, 2.24) is 0 Å². The van der Waals surface area contributed by atoms with Gasteiger partial charge in [0.05, 0.1) is 5.56 Å². The molecular formula is C19H20O8. The molecule has 0 aliphatic carbocycles. The molecule has 1 aliphatic rings. The fourth-order valence-electron chi connectivity index (χ4n) is 2.59. The first kappa shape index (κ1) is 19.3. The zero-order valence-corrected chi connectivity index (χ0v) is 14.2. The second-order valence-electron chi connectivity index (χ2n) is 6.07. The molecule has 2 aromatic carbocycles. The summed E-state index contributed by atoms with van der Waals surface area (Å²) in [5, 5.41) is 38.3. The third-order valence-electron chi connectivity index (χ3n) is 4.13. The van der Waals surface area contributed by atoms with Crippen molar-refractivity contribution < 1.29 is 39.4 Å². The van der Waals surface area contributed by atoms with Crippen molar-refractivity contribution in [2.75, 3.05) is 6.61 Å². The van der Waals surface area contributed by atoms with Crippen molar-refractivity contribution in [2.24, 2.45) is 0 Å². The molecule has 1 unspecified atom stereocenters. The number of hydrogen-bond donors (Lipinski definition) is 4. The van der Waals surface area contributed by atoms with Crippen LogP contribution in [0.25, 0.3) is 0 Å². The SMILES string of the molecule is O=C(OC[C@H]1OC(O)[C@H](O)[C@@H](O)[C@@H]1O)c1ccc(Oc2ccccc2)cc1. The lowest BCUT2D eigenvalue weighted by Gasteiger charge is -2.37. The molecule has 0 amide bonds. The van der Waals surface area contributed by atoms with E-state index in [1.54, 1.807) is 24.3 Å². The molecule has 0 radical (unpaired) electrons. The van der Waals surface area contributed by atoms with Crippen molar-refractivity contribution >= 4 is 5.97 Å². The predicted octanol–water partition coefficient (Wildman–Crippen LogP) is 0.436. The first-order chi connectivity index (χ1) is 13.0. The molecule has 2 aromatic rings. The minimum absolute atomic E-state index is 0.252. The van der Waals surface area contributed by atoms with Gasteiger partial charge in [0.15, 0.2) is 6.29 Å². The van der Waals surface area contributed by atoms with Crippen LogP contribution < -0.4 is 4.74 Å². The van der Waals surface area contributed by atoms with Crippen molar-refractivity contribution in [3.8, 4) is 11.5 Å². The van der Waals surface area contributed by atoms with Crippen LogP contribution in [0, 0.1) is 0 Å². The Morgan fingerprint density at radius 2 is 1.48 bits per heavy atom. The van der Waals surface area contributed by atoms with Crippen molar-refractivity contribution in [2.45, 2.75) is 30.7 Å². The molecular weight excluding hydrogens is 356 g/mol. The zero-order chi connectivity index (χ0) is 19.4. The van der Waals surface area contributed by atoms with Crippen LogP contribution in [0.1, 0.15) is 10.4 Å². The molecule has 1 aliphatic heterocycles. The molecule has 3 rings (SSSR count). The molecule has 0 aromatic heterocycles. The van der Waals surface area contributed by atoms with E-state index in [0.717, 1.165) is 0 Å². The Labute approximate surface area is 155 Å². The Morgan fingerprint density at radius 1 is 0.852 bits per heavy atom. The molecule has 1 saturated heterocycles. The summed E-state index contributed by atoms with van der Waals surface area (Å²) in [5.74, 6) is 0.534. The number of esters is 1. The molecule has 0 spiro atoms. The smallest absolute Gasteiger partial charge is 0.338 e. The van der Waals surface area contributed by atoms with E-state index in [2.05, 4.69) is 0 Å². The first-order valence-corrected chi connectivity index (χ1v) is 8.33. The Bertz CT molecular complexity index is 748. The van der Waals surface area contributed by atoms with Gasteiger partial charge < -0.3 is 34.6 Å². The number of benzene rings is 2. The van der Waals surface area contributed by atoms with Gasteiger partial charge in [-0.2, -0.15) is 0 Å². The summed E-state index contributed by atoms with van der Waals surface area (Å²) >= 11 is 0. The van der Waals surface area contributed by atoms with E-state index >= 15 is 0 Å². The minimum Gasteiger partial charge on any atom is -0.459 e. The number of carbonyl (C=O) groups excluding carboxylic acids is 1. The average molecular weight is 376 g/mol. The van der Waals surface area contributed by atoms with Crippen LogP contribution in [0.2, 0.25) is 0 Å². The van der Waals surface area contributed by atoms with Crippen LogP contribution in [0.3, 0.4) is 0 Å². The fourth-order valence-corrected chi connectivity index (χ4v) is 2.59. The lowest BCUT2D eigenvalue weighted by atomic mass is 9.99. The van der Waals surface area contributed by atoms with E-state index in [1.165, 1.54) is 12.1 Å². The molecule has 0 bridgehead atoms. The summed E-state index contributed by atoms with van der Waals surface area (Å²) < 4.78 is 15.6. The standard InChI is InChI=1S/C19H20O8/c20-15-14(27-19(24)17(22)16(15)21)10-25-18(23)11-6-8-13(9-7-11)26-12-4-2-1-3-5-12/h1-9,14-17,19-22,24H,10H2/t14-,15-,16+,17-,19?/m1/s1. The van der Waals surface area contributed by atoms with Gasteiger partial charge in [0.2, 0.25) is 0 Å². The molecule has 8 heteroatoms. The van der Waals surface area contributed by atoms with Gasteiger partial charge in [-0.25, -0.2) is 4.79 Å². The van der Waals surface area contributed by atoms with E-state index in [9.17, 15) is 25.2 Å². The maximum atomic E-state index is 12.1. The third-order valence-corrected chi connectivity index (χ3v) is 4.13. The van der Waals surface area contributed by atoms with E-state index in [4.69, 9.17) is 14.2 Å². The monoisotopic (exact) mass is 376 g/mol. The van der Waals surface area contributed by atoms with Gasteiger partial charge in [-0.3, -0.25) is 0 Å². The van der Waals surface area contributed by atoms with Crippen LogP contribution in [0.15, 0.2) is 54.6 Å². The van der Waals surface area contributed by atoms with Gasteiger partial charge in [-0.05, 0) is 36.4 Å². The Morgan fingerprint density at radius 3 is 2.15 bits per heavy atom. The first-order valence-electron chi connectivity index (χ1n) is 8.33. The summed E-state index contributed by atoms with van der Waals surface area (Å²) in [6, 6.07) is 15.4. The minimum atomic E-state index is -1.68. The van der Waals surface area contributed by atoms with Crippen LogP contribution in [0.4, 0.5) is 0 Å². The lowest BCUT2D eigenvalue weighted by molar-refractivity contribution is -0.286. The molecule has 1 heterocycles. The van der Waals surface area contributed by atoms with Crippen molar-refractivity contribution in [3.63, 3.8) is 0 Å². The number of aliphatic hydroxyl groups excluding tert-OH is 4. The number of para-hydroxylation sites is 1. The number of aliphatic hydroxyl groups is 4. The van der Waals surface area contributed by atoms with Gasteiger partial charge in [0, 0.05) is 0 Å². The van der Waals surface area contributed by atoms with Crippen LogP contribution in [-0.4, -0.2) is 63.7 Å². The number of carbonyl (C=O) groups is 1. The molecule has 5 atom stereocenters. The summed E-state index contributed by atoms with van der Waals surface area (Å²) in [4.78, 5) is 12.1. The quantitative estimate of drug-likeness (QED) is 0.554. The molecule has 0 saturated carbocycles. The molecule has 27 heavy (non-hydrogen) atoms. The largest absolute Gasteiger partial charge is 0.459 e. The van der Waals surface area contributed by atoms with Crippen LogP contribution >= 0.6 is 0 Å². The maximum absolute atomic E-state index is 12.1. The molecule has 144 valence electrons. The summed E-state index contributed by atoms with van der Waals surface area (Å²) in [6.45, 7) is -0.400. The second kappa shape index (κ2) is 8.47. The van der Waals surface area contributed by atoms with Gasteiger partial charge in [0.25, 0.3) is 0 Å². The van der Waals surface area contributed by atoms with Crippen molar-refractivity contribution in [1.29, 1.82) is 0 Å². The lowest BCUT2D eigenvalue weighted by Crippen LogP contribution is -2.58. The number of hydrogen-bond acceptors (Lipinski definition) is 8. The number of rotatable bonds is 5. The van der Waals surface area contributed by atoms with Gasteiger partial charge in [0.1, 0.15) is 42.5 Å².